The number of hydrogen-bond acceptors (Lipinski definition) is 6. The van der Waals surface area contributed by atoms with E-state index in [0.29, 0.717) is 28.0 Å². The Bertz CT molecular complexity index is 1720. The molecule has 0 spiro atoms. The van der Waals surface area contributed by atoms with Gasteiger partial charge in [-0.05, 0) is 48.7 Å². The average molecular weight is 521 g/mol. The predicted molar refractivity (Wildman–Crippen MR) is 142 cm³/mol. The molecule has 3 N–H and O–H groups in total. The second-order valence-electron chi connectivity index (χ2n) is 9.65. The predicted octanol–water partition coefficient (Wildman–Crippen LogP) is 3.37. The number of pyridine rings is 1. The number of amides is 1. The third-order valence-corrected chi connectivity index (χ3v) is 8.30. The Morgan fingerprint density at radius 3 is 2.43 bits per heavy atom. The molecule has 10 heteroatoms. The van der Waals surface area contributed by atoms with Crippen molar-refractivity contribution in [2.24, 2.45) is 18.7 Å². The number of aryl methyl sites for hydroxylation is 2. The zero-order valence-electron chi connectivity index (χ0n) is 21.0. The van der Waals surface area contributed by atoms with E-state index in [1.807, 2.05) is 26.8 Å². The van der Waals surface area contributed by atoms with E-state index in [2.05, 4.69) is 5.32 Å². The monoisotopic (exact) mass is 520 g/mol. The number of carbonyl (C=O) groups is 1. The maximum absolute atomic E-state index is 13.5. The summed E-state index contributed by atoms with van der Waals surface area (Å²) in [5.74, 6) is 0.115. The molecule has 1 aliphatic rings. The van der Waals surface area contributed by atoms with Crippen molar-refractivity contribution < 1.29 is 17.9 Å². The van der Waals surface area contributed by atoms with Crippen molar-refractivity contribution in [2.45, 2.75) is 38.3 Å². The number of benzene rings is 2. The Kier molecular flexibility index (Phi) is 5.96. The van der Waals surface area contributed by atoms with Crippen LogP contribution < -0.4 is 21.3 Å². The number of nitrogens with two attached hydrogens (primary N) is 1. The molecule has 1 aliphatic heterocycles. The number of rotatable bonds is 5. The van der Waals surface area contributed by atoms with Crippen LogP contribution in [0.5, 0.6) is 5.75 Å². The van der Waals surface area contributed by atoms with Gasteiger partial charge in [-0.1, -0.05) is 31.5 Å². The zero-order valence-corrected chi connectivity index (χ0v) is 21.8. The SMILES string of the molecule is Cc1ccc(S(=O)(=O)n2ccc3c(-c4cc(CN)cc5c4OC(C(C)C)C(=O)N5)cn(C)c(=O)c32)cc1. The number of nitrogens with one attached hydrogen (secondary N) is 1. The van der Waals surface area contributed by atoms with Crippen LogP contribution in [-0.4, -0.2) is 29.0 Å². The molecule has 9 nitrogen and oxygen atoms in total. The van der Waals surface area contributed by atoms with E-state index in [1.165, 1.54) is 22.9 Å². The van der Waals surface area contributed by atoms with Crippen LogP contribution in [0.4, 0.5) is 5.69 Å². The lowest BCUT2D eigenvalue weighted by atomic mass is 9.97. The van der Waals surface area contributed by atoms with Gasteiger partial charge in [0.2, 0.25) is 0 Å². The highest BCUT2D eigenvalue weighted by Gasteiger charge is 2.33. The molecule has 192 valence electrons. The van der Waals surface area contributed by atoms with E-state index in [1.54, 1.807) is 37.5 Å². The molecule has 0 fully saturated rings. The molecule has 3 heterocycles. The number of carbonyl (C=O) groups excluding carboxylic acids is 1. The van der Waals surface area contributed by atoms with Crippen molar-refractivity contribution in [1.29, 1.82) is 0 Å². The number of ether oxygens (including phenoxy) is 1. The van der Waals surface area contributed by atoms with Crippen molar-refractivity contribution >= 4 is 32.5 Å². The van der Waals surface area contributed by atoms with E-state index in [0.717, 1.165) is 15.1 Å². The molecule has 1 amide bonds. The minimum absolute atomic E-state index is 0.0210. The summed E-state index contributed by atoms with van der Waals surface area (Å²) < 4.78 is 35.7. The van der Waals surface area contributed by atoms with Crippen LogP contribution in [0.2, 0.25) is 0 Å². The Balaban J connectivity index is 1.79. The summed E-state index contributed by atoms with van der Waals surface area (Å²) in [7, 11) is -2.47. The molecule has 4 aromatic rings. The van der Waals surface area contributed by atoms with Gasteiger partial charge in [0, 0.05) is 42.5 Å². The van der Waals surface area contributed by atoms with E-state index < -0.39 is 21.7 Å². The fourth-order valence-electron chi connectivity index (χ4n) is 4.62. The van der Waals surface area contributed by atoms with Crippen molar-refractivity contribution in [2.75, 3.05) is 5.32 Å². The summed E-state index contributed by atoms with van der Waals surface area (Å²) in [5, 5.41) is 3.36. The number of anilines is 1. The molecule has 1 unspecified atom stereocenters. The second-order valence-corrected chi connectivity index (χ2v) is 11.5. The number of aromatic nitrogens is 2. The first kappa shape index (κ1) is 24.8. The molecule has 2 aromatic carbocycles. The molecular formula is C27H28N4O5S. The van der Waals surface area contributed by atoms with Gasteiger partial charge in [-0.2, -0.15) is 0 Å². The van der Waals surface area contributed by atoms with Gasteiger partial charge in [-0.3, -0.25) is 9.59 Å². The van der Waals surface area contributed by atoms with Gasteiger partial charge in [0.15, 0.2) is 11.9 Å². The highest BCUT2D eigenvalue weighted by molar-refractivity contribution is 7.90. The molecule has 0 saturated carbocycles. The minimum Gasteiger partial charge on any atom is -0.477 e. The smallest absolute Gasteiger partial charge is 0.275 e. The molecule has 0 saturated heterocycles. The van der Waals surface area contributed by atoms with Crippen LogP contribution in [0.15, 0.2) is 64.5 Å². The van der Waals surface area contributed by atoms with E-state index in [9.17, 15) is 18.0 Å². The highest BCUT2D eigenvalue weighted by Crippen LogP contribution is 2.43. The summed E-state index contributed by atoms with van der Waals surface area (Å²) in [6.07, 6.45) is 2.33. The Morgan fingerprint density at radius 2 is 1.78 bits per heavy atom. The number of nitrogens with zero attached hydrogens (tertiary/aromatic N) is 2. The summed E-state index contributed by atoms with van der Waals surface area (Å²) >= 11 is 0. The molecule has 5 rings (SSSR count). The summed E-state index contributed by atoms with van der Waals surface area (Å²) in [4.78, 5) is 26.0. The maximum Gasteiger partial charge on any atom is 0.275 e. The molecule has 0 bridgehead atoms. The van der Waals surface area contributed by atoms with E-state index in [-0.39, 0.29) is 28.8 Å². The number of hydrogen-bond donors (Lipinski definition) is 2. The number of fused-ring (bicyclic) bond motifs is 2. The van der Waals surface area contributed by atoms with Crippen molar-refractivity contribution in [3.8, 4) is 16.9 Å². The molecule has 2 aromatic heterocycles. The van der Waals surface area contributed by atoms with Gasteiger partial charge in [0.1, 0.15) is 5.52 Å². The van der Waals surface area contributed by atoms with Gasteiger partial charge >= 0.3 is 0 Å². The largest absolute Gasteiger partial charge is 0.477 e. The Hall–Kier alpha value is -3.89. The fraction of sp³-hybridized carbons (Fsp3) is 0.259. The molecular weight excluding hydrogens is 492 g/mol. The summed E-state index contributed by atoms with van der Waals surface area (Å²) in [6, 6.07) is 11.7. The van der Waals surface area contributed by atoms with Crippen LogP contribution in [-0.2, 0) is 28.4 Å². The van der Waals surface area contributed by atoms with Crippen LogP contribution in [0.3, 0.4) is 0 Å². The van der Waals surface area contributed by atoms with Gasteiger partial charge in [0.05, 0.1) is 10.6 Å². The first-order chi connectivity index (χ1) is 17.5. The van der Waals surface area contributed by atoms with Gasteiger partial charge in [-0.15, -0.1) is 0 Å². The van der Waals surface area contributed by atoms with Gasteiger partial charge in [-0.25, -0.2) is 12.4 Å². The summed E-state index contributed by atoms with van der Waals surface area (Å²) in [5.41, 5.74) is 8.85. The third-order valence-electron chi connectivity index (χ3n) is 6.61. The maximum atomic E-state index is 13.5. The van der Waals surface area contributed by atoms with Crippen molar-refractivity contribution in [1.82, 2.24) is 8.54 Å². The standard InChI is InChI=1S/C27H28N4O5S/c1-15(2)24-26(32)29-22-12-17(13-28)11-20(25(22)36-24)21-14-30(4)27(33)23-19(21)9-10-31(23)37(34,35)18-7-5-16(3)6-8-18/h5-12,14-15,24H,13,28H2,1-4H3,(H,29,32). The second kappa shape index (κ2) is 8.89. The van der Waals surface area contributed by atoms with Crippen molar-refractivity contribution in [3.63, 3.8) is 0 Å². The lowest BCUT2D eigenvalue weighted by Gasteiger charge is -2.30. The van der Waals surface area contributed by atoms with Crippen LogP contribution in [0, 0.1) is 12.8 Å². The normalized spacial score (nSPS) is 15.5. The molecule has 0 radical (unpaired) electrons. The molecule has 37 heavy (non-hydrogen) atoms. The van der Waals surface area contributed by atoms with Crippen LogP contribution >= 0.6 is 0 Å². The lowest BCUT2D eigenvalue weighted by Crippen LogP contribution is -2.40. The highest BCUT2D eigenvalue weighted by atomic mass is 32.2. The third kappa shape index (κ3) is 4.02. The lowest BCUT2D eigenvalue weighted by molar-refractivity contribution is -0.125. The zero-order chi connectivity index (χ0) is 26.6. The molecule has 1 atom stereocenters. The molecule has 0 aliphatic carbocycles. The van der Waals surface area contributed by atoms with Crippen molar-refractivity contribution in [3.05, 3.63) is 76.3 Å². The fourth-order valence-corrected chi connectivity index (χ4v) is 5.96. The first-order valence-electron chi connectivity index (χ1n) is 11.9. The van der Waals surface area contributed by atoms with Gasteiger partial charge < -0.3 is 20.4 Å². The quantitative estimate of drug-likeness (QED) is 0.416. The van der Waals surface area contributed by atoms with E-state index in [4.69, 9.17) is 10.5 Å². The Morgan fingerprint density at radius 1 is 1.08 bits per heavy atom. The first-order valence-corrected chi connectivity index (χ1v) is 13.3. The van der Waals surface area contributed by atoms with Crippen LogP contribution in [0.25, 0.3) is 22.0 Å². The average Bonchev–Trinajstić information content (AvgIpc) is 3.31. The minimum atomic E-state index is -4.04. The van der Waals surface area contributed by atoms with Gasteiger partial charge in [0.25, 0.3) is 21.5 Å². The topological polar surface area (TPSA) is 125 Å². The summed E-state index contributed by atoms with van der Waals surface area (Å²) in [6.45, 7) is 5.86. The van der Waals surface area contributed by atoms with E-state index >= 15 is 0 Å². The Labute approximate surface area is 214 Å². The van der Waals surface area contributed by atoms with Crippen LogP contribution in [0.1, 0.15) is 25.0 Å².